The van der Waals surface area contributed by atoms with Gasteiger partial charge in [-0.3, -0.25) is 0 Å². The largest absolute Gasteiger partial charge is 0.384 e. The number of hydrogen-bond acceptors (Lipinski definition) is 2. The maximum Gasteiger partial charge on any atom is 0.141 e. The van der Waals surface area contributed by atoms with Crippen LogP contribution < -0.4 is 5.32 Å². The molecule has 19 heavy (non-hydrogen) atoms. The lowest BCUT2D eigenvalue weighted by molar-refractivity contribution is 0.630. The standard InChI is InChI=1S/C15H12FN3/c16-11-4-2-1-3-10(11)15-18-13-7-9-5-6-17-12(9)8-14(13)19-15/h1-4,7-8,17H,5-6H2,(H,18,19). The van der Waals surface area contributed by atoms with Gasteiger partial charge in [-0.1, -0.05) is 12.1 Å². The molecule has 94 valence electrons. The summed E-state index contributed by atoms with van der Waals surface area (Å²) in [5, 5.41) is 3.32. The summed E-state index contributed by atoms with van der Waals surface area (Å²) in [6.07, 6.45) is 1.03. The van der Waals surface area contributed by atoms with Crippen LogP contribution in [0, 0.1) is 5.82 Å². The van der Waals surface area contributed by atoms with E-state index in [1.807, 2.05) is 12.1 Å². The Morgan fingerprint density at radius 2 is 2.05 bits per heavy atom. The van der Waals surface area contributed by atoms with E-state index in [-0.39, 0.29) is 5.82 Å². The summed E-state index contributed by atoms with van der Waals surface area (Å²) in [6, 6.07) is 10.8. The molecule has 4 heteroatoms. The normalized spacial score (nSPS) is 13.5. The van der Waals surface area contributed by atoms with Crippen LogP contribution in [0.4, 0.5) is 10.1 Å². The Morgan fingerprint density at radius 1 is 1.16 bits per heavy atom. The maximum absolute atomic E-state index is 13.8. The van der Waals surface area contributed by atoms with Crippen molar-refractivity contribution < 1.29 is 4.39 Å². The van der Waals surface area contributed by atoms with Crippen molar-refractivity contribution >= 4 is 16.7 Å². The number of hydrogen-bond donors (Lipinski definition) is 2. The molecule has 1 aliphatic heterocycles. The quantitative estimate of drug-likeness (QED) is 0.698. The maximum atomic E-state index is 13.8. The first-order valence-electron chi connectivity index (χ1n) is 6.33. The number of fused-ring (bicyclic) bond motifs is 2. The van der Waals surface area contributed by atoms with Gasteiger partial charge in [-0.2, -0.15) is 0 Å². The van der Waals surface area contributed by atoms with E-state index in [1.165, 1.54) is 11.6 Å². The van der Waals surface area contributed by atoms with Crippen LogP contribution in [0.3, 0.4) is 0 Å². The number of anilines is 1. The van der Waals surface area contributed by atoms with Gasteiger partial charge in [-0.15, -0.1) is 0 Å². The van der Waals surface area contributed by atoms with Gasteiger partial charge in [0.05, 0.1) is 16.6 Å². The van der Waals surface area contributed by atoms with Crippen molar-refractivity contribution in [3.63, 3.8) is 0 Å². The van der Waals surface area contributed by atoms with Gasteiger partial charge in [0.25, 0.3) is 0 Å². The Balaban J connectivity index is 1.91. The molecule has 0 unspecified atom stereocenters. The fraction of sp³-hybridized carbons (Fsp3) is 0.133. The number of nitrogens with one attached hydrogen (secondary N) is 2. The number of aromatic nitrogens is 2. The highest BCUT2D eigenvalue weighted by molar-refractivity contribution is 5.85. The predicted molar refractivity (Wildman–Crippen MR) is 73.7 cm³/mol. The molecule has 1 aromatic heterocycles. The average molecular weight is 253 g/mol. The Morgan fingerprint density at radius 3 is 2.95 bits per heavy atom. The minimum atomic E-state index is -0.257. The van der Waals surface area contributed by atoms with Crippen LogP contribution >= 0.6 is 0 Å². The molecule has 0 bridgehead atoms. The highest BCUT2D eigenvalue weighted by atomic mass is 19.1. The summed E-state index contributed by atoms with van der Waals surface area (Å²) in [7, 11) is 0. The van der Waals surface area contributed by atoms with Gasteiger partial charge >= 0.3 is 0 Å². The topological polar surface area (TPSA) is 40.7 Å². The molecule has 2 heterocycles. The van der Waals surface area contributed by atoms with Crippen molar-refractivity contribution in [2.24, 2.45) is 0 Å². The molecular formula is C15H12FN3. The van der Waals surface area contributed by atoms with Gasteiger partial charge in [0.15, 0.2) is 0 Å². The first-order chi connectivity index (χ1) is 9.31. The fourth-order valence-corrected chi connectivity index (χ4v) is 2.59. The second-order valence-electron chi connectivity index (χ2n) is 4.77. The molecular weight excluding hydrogens is 241 g/mol. The Hall–Kier alpha value is -2.36. The lowest BCUT2D eigenvalue weighted by Crippen LogP contribution is -1.90. The van der Waals surface area contributed by atoms with Gasteiger partial charge in [-0.05, 0) is 36.2 Å². The number of imidazole rings is 1. The van der Waals surface area contributed by atoms with Crippen molar-refractivity contribution in [3.05, 3.63) is 47.8 Å². The van der Waals surface area contributed by atoms with Crippen LogP contribution in [-0.4, -0.2) is 16.5 Å². The van der Waals surface area contributed by atoms with Crippen LogP contribution in [0.2, 0.25) is 0 Å². The molecule has 0 amide bonds. The average Bonchev–Trinajstić information content (AvgIpc) is 3.01. The molecule has 0 radical (unpaired) electrons. The molecule has 1 aliphatic rings. The van der Waals surface area contributed by atoms with Gasteiger partial charge < -0.3 is 10.3 Å². The SMILES string of the molecule is Fc1ccccc1-c1nc2cc3c(cc2[nH]1)CCN3. The van der Waals surface area contributed by atoms with E-state index in [1.54, 1.807) is 12.1 Å². The summed E-state index contributed by atoms with van der Waals surface area (Å²) in [4.78, 5) is 7.69. The minimum Gasteiger partial charge on any atom is -0.384 e. The van der Waals surface area contributed by atoms with Crippen molar-refractivity contribution in [1.29, 1.82) is 0 Å². The van der Waals surface area contributed by atoms with Crippen LogP contribution in [0.1, 0.15) is 5.56 Å². The molecule has 0 atom stereocenters. The second-order valence-corrected chi connectivity index (χ2v) is 4.77. The molecule has 2 aromatic carbocycles. The summed E-state index contributed by atoms with van der Waals surface area (Å²) in [5.41, 5.74) is 4.76. The zero-order valence-electron chi connectivity index (χ0n) is 10.2. The lowest BCUT2D eigenvalue weighted by Gasteiger charge is -1.97. The third kappa shape index (κ3) is 1.60. The summed E-state index contributed by atoms with van der Waals surface area (Å²) in [6.45, 7) is 0.974. The second kappa shape index (κ2) is 3.82. The van der Waals surface area contributed by atoms with E-state index in [4.69, 9.17) is 0 Å². The highest BCUT2D eigenvalue weighted by Gasteiger charge is 2.14. The molecule has 0 saturated carbocycles. The van der Waals surface area contributed by atoms with E-state index < -0.39 is 0 Å². The Bertz CT molecular complexity index is 735. The number of H-pyrrole nitrogens is 1. The van der Waals surface area contributed by atoms with E-state index in [0.29, 0.717) is 11.4 Å². The number of benzene rings is 2. The number of halogens is 1. The third-order valence-electron chi connectivity index (χ3n) is 3.55. The zero-order chi connectivity index (χ0) is 12.8. The smallest absolute Gasteiger partial charge is 0.141 e. The molecule has 3 aromatic rings. The first kappa shape index (κ1) is 10.6. The third-order valence-corrected chi connectivity index (χ3v) is 3.55. The van der Waals surface area contributed by atoms with E-state index in [2.05, 4.69) is 21.4 Å². The van der Waals surface area contributed by atoms with E-state index >= 15 is 0 Å². The van der Waals surface area contributed by atoms with Crippen molar-refractivity contribution in [2.75, 3.05) is 11.9 Å². The van der Waals surface area contributed by atoms with Crippen LogP contribution in [-0.2, 0) is 6.42 Å². The van der Waals surface area contributed by atoms with Gasteiger partial charge in [0, 0.05) is 12.2 Å². The number of nitrogens with zero attached hydrogens (tertiary/aromatic N) is 1. The number of rotatable bonds is 1. The Kier molecular flexibility index (Phi) is 2.12. The van der Waals surface area contributed by atoms with Crippen molar-refractivity contribution in [2.45, 2.75) is 6.42 Å². The molecule has 0 aliphatic carbocycles. The fourth-order valence-electron chi connectivity index (χ4n) is 2.59. The van der Waals surface area contributed by atoms with Crippen molar-refractivity contribution in [1.82, 2.24) is 9.97 Å². The number of aromatic amines is 1. The van der Waals surface area contributed by atoms with E-state index in [9.17, 15) is 4.39 Å². The summed E-state index contributed by atoms with van der Waals surface area (Å²) in [5.74, 6) is 0.323. The summed E-state index contributed by atoms with van der Waals surface area (Å²) < 4.78 is 13.8. The molecule has 0 fully saturated rings. The molecule has 4 rings (SSSR count). The summed E-state index contributed by atoms with van der Waals surface area (Å²) >= 11 is 0. The minimum absolute atomic E-state index is 0.257. The molecule has 0 spiro atoms. The van der Waals surface area contributed by atoms with Gasteiger partial charge in [0.1, 0.15) is 11.6 Å². The van der Waals surface area contributed by atoms with E-state index in [0.717, 1.165) is 29.7 Å². The van der Waals surface area contributed by atoms with Gasteiger partial charge in [0.2, 0.25) is 0 Å². The van der Waals surface area contributed by atoms with Gasteiger partial charge in [-0.25, -0.2) is 9.37 Å². The Labute approximate surface area is 109 Å². The highest BCUT2D eigenvalue weighted by Crippen LogP contribution is 2.29. The molecule has 3 nitrogen and oxygen atoms in total. The molecule has 2 N–H and O–H groups in total. The molecule has 0 saturated heterocycles. The monoisotopic (exact) mass is 253 g/mol. The van der Waals surface area contributed by atoms with Crippen LogP contribution in [0.15, 0.2) is 36.4 Å². The zero-order valence-corrected chi connectivity index (χ0v) is 10.2. The first-order valence-corrected chi connectivity index (χ1v) is 6.33. The van der Waals surface area contributed by atoms with Crippen molar-refractivity contribution in [3.8, 4) is 11.4 Å². The predicted octanol–water partition coefficient (Wildman–Crippen LogP) is 3.34. The van der Waals surface area contributed by atoms with Crippen LogP contribution in [0.25, 0.3) is 22.4 Å². The van der Waals surface area contributed by atoms with Crippen LogP contribution in [0.5, 0.6) is 0 Å². The lowest BCUT2D eigenvalue weighted by atomic mass is 10.1.